The Morgan fingerprint density at radius 3 is 2.26 bits per heavy atom. The lowest BCUT2D eigenvalue weighted by Gasteiger charge is -2.17. The van der Waals surface area contributed by atoms with Gasteiger partial charge in [-0.2, -0.15) is 8.42 Å². The Labute approximate surface area is 114 Å². The van der Waals surface area contributed by atoms with E-state index in [9.17, 15) is 8.42 Å². The summed E-state index contributed by atoms with van der Waals surface area (Å²) >= 11 is 0. The minimum absolute atomic E-state index is 0.169. The number of rotatable bonds is 3. The van der Waals surface area contributed by atoms with Crippen molar-refractivity contribution in [2.45, 2.75) is 25.7 Å². The van der Waals surface area contributed by atoms with Crippen LogP contribution in [0.1, 0.15) is 20.8 Å². The van der Waals surface area contributed by atoms with Crippen LogP contribution in [0.5, 0.6) is 0 Å². The van der Waals surface area contributed by atoms with E-state index in [2.05, 4.69) is 0 Å². The highest BCUT2D eigenvalue weighted by molar-refractivity contribution is 7.86. The minimum Gasteiger partial charge on any atom is -0.266 e. The van der Waals surface area contributed by atoms with E-state index in [1.54, 1.807) is 18.2 Å². The zero-order valence-corrected chi connectivity index (χ0v) is 12.2. The molecule has 0 aliphatic heterocycles. The Hall–Kier alpha value is -1.39. The fourth-order valence-electron chi connectivity index (χ4n) is 1.65. The lowest BCUT2D eigenvalue weighted by Crippen LogP contribution is -2.18. The molecule has 0 saturated carbocycles. The van der Waals surface area contributed by atoms with Crippen LogP contribution in [0.25, 0.3) is 10.8 Å². The molecule has 0 radical (unpaired) electrons. The molecule has 3 nitrogen and oxygen atoms in total. The maximum absolute atomic E-state index is 12.1. The molecule has 0 atom stereocenters. The van der Waals surface area contributed by atoms with E-state index in [-0.39, 0.29) is 16.9 Å². The van der Waals surface area contributed by atoms with Gasteiger partial charge >= 0.3 is 0 Å². The van der Waals surface area contributed by atoms with Crippen molar-refractivity contribution in [1.82, 2.24) is 0 Å². The molecule has 0 aliphatic carbocycles. The van der Waals surface area contributed by atoms with Gasteiger partial charge in [-0.3, -0.25) is 4.18 Å². The van der Waals surface area contributed by atoms with Crippen molar-refractivity contribution in [2.75, 3.05) is 6.61 Å². The Balaban J connectivity index is 2.32. The topological polar surface area (TPSA) is 43.4 Å². The number of hydrogen-bond acceptors (Lipinski definition) is 3. The molecule has 0 aliphatic rings. The van der Waals surface area contributed by atoms with Gasteiger partial charge in [-0.05, 0) is 28.3 Å². The van der Waals surface area contributed by atoms with Crippen LogP contribution in [-0.4, -0.2) is 15.0 Å². The Kier molecular flexibility index (Phi) is 3.65. The Bertz CT molecular complexity index is 682. The van der Waals surface area contributed by atoms with E-state index in [0.29, 0.717) is 0 Å². The molecule has 0 bridgehead atoms. The molecule has 2 rings (SSSR count). The molecule has 102 valence electrons. The molecule has 0 fully saturated rings. The first-order valence-corrected chi connectivity index (χ1v) is 7.57. The van der Waals surface area contributed by atoms with Gasteiger partial charge in [0.25, 0.3) is 10.1 Å². The molecule has 4 heteroatoms. The van der Waals surface area contributed by atoms with E-state index in [0.717, 1.165) is 10.8 Å². The van der Waals surface area contributed by atoms with Crippen molar-refractivity contribution in [1.29, 1.82) is 0 Å². The summed E-state index contributed by atoms with van der Waals surface area (Å²) in [4.78, 5) is 0.204. The third kappa shape index (κ3) is 3.55. The van der Waals surface area contributed by atoms with E-state index < -0.39 is 10.1 Å². The molecule has 0 unspecified atom stereocenters. The van der Waals surface area contributed by atoms with Crippen LogP contribution in [-0.2, 0) is 14.3 Å². The first kappa shape index (κ1) is 14.0. The molecule has 0 N–H and O–H groups in total. The van der Waals surface area contributed by atoms with Gasteiger partial charge in [0, 0.05) is 0 Å². The smallest absolute Gasteiger partial charge is 0.266 e. The SMILES string of the molecule is CC(C)(C)COS(=O)(=O)c1ccc2ccccc2c1. The van der Waals surface area contributed by atoms with Crippen LogP contribution >= 0.6 is 0 Å². The molecule has 2 aromatic carbocycles. The van der Waals surface area contributed by atoms with Crippen molar-refractivity contribution >= 4 is 20.9 Å². The fourth-order valence-corrected chi connectivity index (χ4v) is 2.80. The lowest BCUT2D eigenvalue weighted by atomic mass is 9.99. The molecule has 19 heavy (non-hydrogen) atoms. The zero-order chi connectivity index (χ0) is 14.1. The molecule has 0 heterocycles. The van der Waals surface area contributed by atoms with Gasteiger partial charge in [-0.15, -0.1) is 0 Å². The molecule has 2 aromatic rings. The lowest BCUT2D eigenvalue weighted by molar-refractivity contribution is 0.203. The van der Waals surface area contributed by atoms with E-state index in [4.69, 9.17) is 4.18 Å². The highest BCUT2D eigenvalue weighted by Crippen LogP contribution is 2.22. The van der Waals surface area contributed by atoms with Crippen LogP contribution in [0, 0.1) is 5.41 Å². The van der Waals surface area contributed by atoms with Gasteiger partial charge in [0.1, 0.15) is 0 Å². The van der Waals surface area contributed by atoms with Gasteiger partial charge in [-0.25, -0.2) is 0 Å². The first-order valence-electron chi connectivity index (χ1n) is 6.16. The second-order valence-electron chi connectivity index (χ2n) is 5.79. The second-order valence-corrected chi connectivity index (χ2v) is 7.40. The maximum atomic E-state index is 12.1. The van der Waals surface area contributed by atoms with Gasteiger partial charge < -0.3 is 0 Å². The number of hydrogen-bond donors (Lipinski definition) is 0. The average Bonchev–Trinajstić information content (AvgIpc) is 2.35. The fraction of sp³-hybridized carbons (Fsp3) is 0.333. The quantitative estimate of drug-likeness (QED) is 0.806. The highest BCUT2D eigenvalue weighted by Gasteiger charge is 2.20. The summed E-state index contributed by atoms with van der Waals surface area (Å²) in [7, 11) is -3.68. The maximum Gasteiger partial charge on any atom is 0.297 e. The third-order valence-electron chi connectivity index (χ3n) is 2.66. The zero-order valence-electron chi connectivity index (χ0n) is 11.4. The predicted octanol–water partition coefficient (Wildman–Crippen LogP) is 3.59. The first-order chi connectivity index (χ1) is 8.78. The van der Waals surface area contributed by atoms with Gasteiger partial charge in [-0.1, -0.05) is 51.1 Å². The molecule has 0 spiro atoms. The van der Waals surface area contributed by atoms with Crippen LogP contribution in [0.4, 0.5) is 0 Å². The molecule has 0 aromatic heterocycles. The summed E-state index contributed by atoms with van der Waals surface area (Å²) in [5, 5.41) is 1.90. The monoisotopic (exact) mass is 278 g/mol. The van der Waals surface area contributed by atoms with Crippen LogP contribution in [0.2, 0.25) is 0 Å². The third-order valence-corrected chi connectivity index (χ3v) is 3.92. The molecule has 0 amide bonds. The van der Waals surface area contributed by atoms with Gasteiger partial charge in [0.05, 0.1) is 11.5 Å². The van der Waals surface area contributed by atoms with E-state index in [1.165, 1.54) is 0 Å². The Morgan fingerprint density at radius 2 is 1.63 bits per heavy atom. The standard InChI is InChI=1S/C15H18O3S/c1-15(2,3)11-18-19(16,17)14-9-8-12-6-4-5-7-13(12)10-14/h4-10H,11H2,1-3H3. The summed E-state index contributed by atoms with van der Waals surface area (Å²) in [5.41, 5.74) is -0.191. The van der Waals surface area contributed by atoms with Gasteiger partial charge in [0.15, 0.2) is 0 Å². The summed E-state index contributed by atoms with van der Waals surface area (Å²) in [6.45, 7) is 5.97. The summed E-state index contributed by atoms with van der Waals surface area (Å²) < 4.78 is 29.3. The normalized spacial score (nSPS) is 12.8. The molecular weight excluding hydrogens is 260 g/mol. The number of benzene rings is 2. The van der Waals surface area contributed by atoms with E-state index >= 15 is 0 Å². The van der Waals surface area contributed by atoms with Crippen molar-refractivity contribution in [2.24, 2.45) is 5.41 Å². The largest absolute Gasteiger partial charge is 0.297 e. The van der Waals surface area contributed by atoms with Crippen LogP contribution in [0.3, 0.4) is 0 Å². The average molecular weight is 278 g/mol. The summed E-state index contributed by atoms with van der Waals surface area (Å²) in [6, 6.07) is 12.7. The van der Waals surface area contributed by atoms with Gasteiger partial charge in [0.2, 0.25) is 0 Å². The van der Waals surface area contributed by atoms with Crippen molar-refractivity contribution in [3.63, 3.8) is 0 Å². The predicted molar refractivity (Wildman–Crippen MR) is 76.5 cm³/mol. The summed E-state index contributed by atoms with van der Waals surface area (Å²) in [6.07, 6.45) is 0. The highest BCUT2D eigenvalue weighted by atomic mass is 32.2. The van der Waals surface area contributed by atoms with Crippen molar-refractivity contribution in [3.05, 3.63) is 42.5 Å². The second kappa shape index (κ2) is 4.94. The van der Waals surface area contributed by atoms with Crippen LogP contribution < -0.4 is 0 Å². The molecule has 0 saturated heterocycles. The number of fused-ring (bicyclic) bond motifs is 1. The van der Waals surface area contributed by atoms with Crippen molar-refractivity contribution in [3.8, 4) is 0 Å². The van der Waals surface area contributed by atoms with Crippen molar-refractivity contribution < 1.29 is 12.6 Å². The van der Waals surface area contributed by atoms with E-state index in [1.807, 2.05) is 45.0 Å². The molecular formula is C15H18O3S. The van der Waals surface area contributed by atoms with Crippen LogP contribution in [0.15, 0.2) is 47.4 Å². The summed E-state index contributed by atoms with van der Waals surface area (Å²) in [5.74, 6) is 0. The Morgan fingerprint density at radius 1 is 1.00 bits per heavy atom. The minimum atomic E-state index is -3.68.